The maximum Gasteiger partial charge on any atom is 0.126 e. The predicted molar refractivity (Wildman–Crippen MR) is 80.7 cm³/mol. The van der Waals surface area contributed by atoms with Crippen molar-refractivity contribution in [2.45, 2.75) is 39.8 Å². The van der Waals surface area contributed by atoms with Gasteiger partial charge in [-0.25, -0.2) is 4.39 Å². The Hall–Kier alpha value is -1.13. The summed E-state index contributed by atoms with van der Waals surface area (Å²) in [5, 5.41) is 9.91. The van der Waals surface area contributed by atoms with Crippen LogP contribution in [-0.4, -0.2) is 42.2 Å². The lowest BCUT2D eigenvalue weighted by Gasteiger charge is -2.41. The van der Waals surface area contributed by atoms with Gasteiger partial charge in [-0.15, -0.1) is 0 Å². The average molecular weight is 280 g/mol. The number of anilines is 1. The highest BCUT2D eigenvalue weighted by Gasteiger charge is 2.25. The van der Waals surface area contributed by atoms with Crippen molar-refractivity contribution in [3.63, 3.8) is 0 Å². The first-order valence-corrected chi connectivity index (χ1v) is 7.41. The number of aliphatic hydroxyl groups is 1. The maximum absolute atomic E-state index is 13.7. The van der Waals surface area contributed by atoms with Gasteiger partial charge < -0.3 is 10.0 Å². The zero-order valence-electron chi connectivity index (χ0n) is 12.9. The van der Waals surface area contributed by atoms with Gasteiger partial charge in [0.05, 0.1) is 6.10 Å². The Morgan fingerprint density at radius 3 is 2.65 bits per heavy atom. The number of hydrogen-bond donors (Lipinski definition) is 1. The molecule has 1 unspecified atom stereocenters. The van der Waals surface area contributed by atoms with Crippen LogP contribution in [0.3, 0.4) is 0 Å². The molecule has 0 amide bonds. The monoisotopic (exact) mass is 280 g/mol. The van der Waals surface area contributed by atoms with E-state index < -0.39 is 6.10 Å². The van der Waals surface area contributed by atoms with E-state index in [1.807, 2.05) is 6.07 Å². The van der Waals surface area contributed by atoms with Crippen LogP contribution in [0.25, 0.3) is 0 Å². The Bertz CT molecular complexity index is 476. The molecule has 0 saturated carbocycles. The molecule has 3 nitrogen and oxygen atoms in total. The first-order chi connectivity index (χ1) is 9.43. The van der Waals surface area contributed by atoms with Gasteiger partial charge in [0.2, 0.25) is 0 Å². The molecule has 0 spiro atoms. The summed E-state index contributed by atoms with van der Waals surface area (Å²) < 4.78 is 13.7. The third kappa shape index (κ3) is 2.96. The summed E-state index contributed by atoms with van der Waals surface area (Å²) in [6, 6.07) is 3.82. The highest BCUT2D eigenvalue weighted by molar-refractivity contribution is 5.57. The summed E-state index contributed by atoms with van der Waals surface area (Å²) in [5.41, 5.74) is 2.29. The van der Waals surface area contributed by atoms with E-state index in [2.05, 4.69) is 23.6 Å². The third-order valence-electron chi connectivity index (χ3n) is 4.27. The minimum absolute atomic E-state index is 0.245. The number of hydrogen-bond acceptors (Lipinski definition) is 3. The highest BCUT2D eigenvalue weighted by atomic mass is 19.1. The summed E-state index contributed by atoms with van der Waals surface area (Å²) in [7, 11) is 0. The Kier molecular flexibility index (Phi) is 4.66. The molecule has 112 valence electrons. The van der Waals surface area contributed by atoms with Crippen LogP contribution in [0.4, 0.5) is 10.1 Å². The van der Waals surface area contributed by atoms with Crippen molar-refractivity contribution in [2.75, 3.05) is 31.1 Å². The van der Waals surface area contributed by atoms with Crippen LogP contribution in [0.2, 0.25) is 0 Å². The van der Waals surface area contributed by atoms with Crippen molar-refractivity contribution in [1.29, 1.82) is 0 Å². The quantitative estimate of drug-likeness (QED) is 0.922. The van der Waals surface area contributed by atoms with Crippen molar-refractivity contribution < 1.29 is 9.50 Å². The van der Waals surface area contributed by atoms with E-state index in [4.69, 9.17) is 0 Å². The van der Waals surface area contributed by atoms with Gasteiger partial charge in [0.1, 0.15) is 5.82 Å². The molecule has 20 heavy (non-hydrogen) atoms. The van der Waals surface area contributed by atoms with Gasteiger partial charge in [0.25, 0.3) is 0 Å². The Balaban J connectivity index is 2.31. The first-order valence-electron chi connectivity index (χ1n) is 7.41. The average Bonchev–Trinajstić information content (AvgIpc) is 2.41. The standard InChI is InChI=1S/C16H25FN2O/c1-5-18-6-7-19(10-12(18)3)16-8-11(2)15(17)9-14(16)13(4)20/h8-9,12-13,20H,5-7,10H2,1-4H3/t12?,13-/m0/s1. The van der Waals surface area contributed by atoms with Crippen molar-refractivity contribution in [1.82, 2.24) is 4.90 Å². The molecule has 2 rings (SSSR count). The number of piperazine rings is 1. The van der Waals surface area contributed by atoms with Gasteiger partial charge in [-0.3, -0.25) is 4.90 Å². The van der Waals surface area contributed by atoms with Crippen molar-refractivity contribution in [3.05, 3.63) is 29.1 Å². The normalized spacial score (nSPS) is 22.1. The smallest absolute Gasteiger partial charge is 0.126 e. The molecule has 0 aromatic heterocycles. The molecule has 2 atom stereocenters. The molecule has 1 aromatic carbocycles. The van der Waals surface area contributed by atoms with Gasteiger partial charge in [0.15, 0.2) is 0 Å². The Labute approximate surface area is 121 Å². The molecule has 1 heterocycles. The van der Waals surface area contributed by atoms with Crippen molar-refractivity contribution >= 4 is 5.69 Å². The lowest BCUT2D eigenvalue weighted by molar-refractivity contribution is 0.191. The number of likely N-dealkylation sites (N-methyl/N-ethyl adjacent to an activating group) is 1. The fourth-order valence-corrected chi connectivity index (χ4v) is 2.97. The van der Waals surface area contributed by atoms with Gasteiger partial charge >= 0.3 is 0 Å². The molecule has 0 aliphatic carbocycles. The zero-order chi connectivity index (χ0) is 14.9. The molecule has 1 N–H and O–H groups in total. The van der Waals surface area contributed by atoms with E-state index >= 15 is 0 Å². The van der Waals surface area contributed by atoms with E-state index in [1.54, 1.807) is 13.8 Å². The molecule has 1 fully saturated rings. The molecule has 4 heteroatoms. The molecule has 0 radical (unpaired) electrons. The SMILES string of the molecule is CCN1CCN(c2cc(C)c(F)cc2[C@H](C)O)CC1C. The fraction of sp³-hybridized carbons (Fsp3) is 0.625. The lowest BCUT2D eigenvalue weighted by Crippen LogP contribution is -2.52. The van der Waals surface area contributed by atoms with Crippen LogP contribution < -0.4 is 4.90 Å². The molecule has 1 aromatic rings. The predicted octanol–water partition coefficient (Wildman–Crippen LogP) is 2.72. The fourth-order valence-electron chi connectivity index (χ4n) is 2.97. The van der Waals surface area contributed by atoms with E-state index in [0.29, 0.717) is 17.2 Å². The zero-order valence-corrected chi connectivity index (χ0v) is 12.9. The molecule has 0 bridgehead atoms. The van der Waals surface area contributed by atoms with Crippen LogP contribution in [0, 0.1) is 12.7 Å². The molecule has 1 aliphatic heterocycles. The van der Waals surface area contributed by atoms with Crippen molar-refractivity contribution in [2.24, 2.45) is 0 Å². The summed E-state index contributed by atoms with van der Waals surface area (Å²) in [5.74, 6) is -0.245. The number of rotatable bonds is 3. The van der Waals surface area contributed by atoms with Crippen LogP contribution >= 0.6 is 0 Å². The second-order valence-corrected chi connectivity index (χ2v) is 5.76. The minimum atomic E-state index is -0.653. The lowest BCUT2D eigenvalue weighted by atomic mass is 10.0. The third-order valence-corrected chi connectivity index (χ3v) is 4.27. The van der Waals surface area contributed by atoms with Gasteiger partial charge in [-0.05, 0) is 45.0 Å². The highest BCUT2D eigenvalue weighted by Crippen LogP contribution is 2.30. The molecule has 1 aliphatic rings. The number of aliphatic hydroxyl groups excluding tert-OH is 1. The van der Waals surface area contributed by atoms with Crippen molar-refractivity contribution in [3.8, 4) is 0 Å². The van der Waals surface area contributed by atoms with E-state index in [9.17, 15) is 9.50 Å². The summed E-state index contributed by atoms with van der Waals surface area (Å²) in [4.78, 5) is 4.71. The molecular weight excluding hydrogens is 255 g/mol. The largest absolute Gasteiger partial charge is 0.389 e. The van der Waals surface area contributed by atoms with E-state index in [-0.39, 0.29) is 5.82 Å². The Morgan fingerprint density at radius 1 is 1.40 bits per heavy atom. The summed E-state index contributed by atoms with van der Waals surface area (Å²) in [6.07, 6.45) is -0.653. The van der Waals surface area contributed by atoms with E-state index in [0.717, 1.165) is 31.9 Å². The number of aryl methyl sites for hydroxylation is 1. The minimum Gasteiger partial charge on any atom is -0.389 e. The second-order valence-electron chi connectivity index (χ2n) is 5.76. The number of benzene rings is 1. The van der Waals surface area contributed by atoms with Gasteiger partial charge in [-0.2, -0.15) is 0 Å². The first kappa shape index (κ1) is 15.3. The number of nitrogens with zero attached hydrogens (tertiary/aromatic N) is 2. The summed E-state index contributed by atoms with van der Waals surface area (Å²) >= 11 is 0. The van der Waals surface area contributed by atoms with E-state index in [1.165, 1.54) is 6.07 Å². The van der Waals surface area contributed by atoms with Crippen LogP contribution in [-0.2, 0) is 0 Å². The van der Waals surface area contributed by atoms with Gasteiger partial charge in [0, 0.05) is 36.9 Å². The molecule has 1 saturated heterocycles. The van der Waals surface area contributed by atoms with Gasteiger partial charge in [-0.1, -0.05) is 6.92 Å². The molecular formula is C16H25FN2O. The van der Waals surface area contributed by atoms with Crippen LogP contribution in [0.15, 0.2) is 12.1 Å². The topological polar surface area (TPSA) is 26.7 Å². The summed E-state index contributed by atoms with van der Waals surface area (Å²) in [6.45, 7) is 11.8. The number of halogens is 1. The van der Waals surface area contributed by atoms with Crippen LogP contribution in [0.5, 0.6) is 0 Å². The maximum atomic E-state index is 13.7. The second kappa shape index (κ2) is 6.10. The Morgan fingerprint density at radius 2 is 2.10 bits per heavy atom. The van der Waals surface area contributed by atoms with Crippen LogP contribution in [0.1, 0.15) is 38.0 Å².